The fraction of sp³-hybridized carbons (Fsp3) is 0.462. The van der Waals surface area contributed by atoms with Crippen molar-refractivity contribution in [1.29, 1.82) is 0 Å². The highest BCUT2D eigenvalue weighted by molar-refractivity contribution is 6.32. The van der Waals surface area contributed by atoms with Gasteiger partial charge in [0, 0.05) is 6.04 Å². The molecule has 0 fully saturated rings. The van der Waals surface area contributed by atoms with Crippen LogP contribution in [0.1, 0.15) is 26.7 Å². The summed E-state index contributed by atoms with van der Waals surface area (Å²) in [4.78, 5) is 11.6. The van der Waals surface area contributed by atoms with E-state index in [-0.39, 0.29) is 18.6 Å². The molecule has 0 bridgehead atoms. The molecule has 0 aliphatic carbocycles. The first kappa shape index (κ1) is 13.8. The summed E-state index contributed by atoms with van der Waals surface area (Å²) in [6.45, 7) is 4.09. The number of carbonyl (C=O) groups is 1. The van der Waals surface area contributed by atoms with Gasteiger partial charge in [0.25, 0.3) is 5.91 Å². The second-order valence-electron chi connectivity index (χ2n) is 3.80. The van der Waals surface area contributed by atoms with E-state index in [1.54, 1.807) is 12.1 Å². The summed E-state index contributed by atoms with van der Waals surface area (Å²) < 4.78 is 5.34. The summed E-state index contributed by atoms with van der Waals surface area (Å²) in [5.41, 5.74) is 0. The first-order valence-electron chi connectivity index (χ1n) is 5.84. The summed E-state index contributed by atoms with van der Waals surface area (Å²) in [6.07, 6.45) is 1.85. The van der Waals surface area contributed by atoms with Crippen molar-refractivity contribution >= 4 is 17.5 Å². The molecule has 0 aliphatic rings. The third-order valence-corrected chi connectivity index (χ3v) is 2.86. The number of amides is 1. The van der Waals surface area contributed by atoms with Gasteiger partial charge < -0.3 is 10.1 Å². The highest BCUT2D eigenvalue weighted by Crippen LogP contribution is 2.22. The van der Waals surface area contributed by atoms with Crippen LogP contribution >= 0.6 is 11.6 Å². The van der Waals surface area contributed by atoms with Gasteiger partial charge in [-0.25, -0.2) is 0 Å². The van der Waals surface area contributed by atoms with Crippen molar-refractivity contribution in [3.63, 3.8) is 0 Å². The van der Waals surface area contributed by atoms with Gasteiger partial charge in [0.1, 0.15) is 5.75 Å². The van der Waals surface area contributed by atoms with E-state index in [2.05, 4.69) is 5.32 Å². The van der Waals surface area contributed by atoms with Crippen molar-refractivity contribution < 1.29 is 9.53 Å². The number of nitrogens with one attached hydrogen (secondary N) is 1. The zero-order valence-electron chi connectivity index (χ0n) is 10.2. The summed E-state index contributed by atoms with van der Waals surface area (Å²) in [5.74, 6) is 0.424. The van der Waals surface area contributed by atoms with Gasteiger partial charge in [0.05, 0.1) is 5.02 Å². The Hall–Kier alpha value is -1.22. The molecule has 1 N–H and O–H groups in total. The summed E-state index contributed by atoms with van der Waals surface area (Å²) in [5, 5.41) is 3.42. The molecule has 1 aromatic carbocycles. The maximum absolute atomic E-state index is 11.6. The maximum Gasteiger partial charge on any atom is 0.258 e. The Kier molecular flexibility index (Phi) is 5.84. The van der Waals surface area contributed by atoms with Crippen LogP contribution in [0.4, 0.5) is 0 Å². The Morgan fingerprint density at radius 3 is 2.59 bits per heavy atom. The first-order chi connectivity index (χ1) is 8.17. The molecule has 0 spiro atoms. The minimum Gasteiger partial charge on any atom is -0.482 e. The predicted octanol–water partition coefficient (Wildman–Crippen LogP) is 3.02. The molecule has 1 rings (SSSR count). The molecule has 3 nitrogen and oxygen atoms in total. The Morgan fingerprint density at radius 2 is 2.00 bits per heavy atom. The van der Waals surface area contributed by atoms with E-state index < -0.39 is 0 Å². The van der Waals surface area contributed by atoms with Crippen molar-refractivity contribution in [3.05, 3.63) is 29.3 Å². The number of ether oxygens (including phenoxy) is 1. The van der Waals surface area contributed by atoms with Crippen molar-refractivity contribution in [2.45, 2.75) is 32.7 Å². The Labute approximate surface area is 107 Å². The molecule has 0 unspecified atom stereocenters. The second kappa shape index (κ2) is 7.17. The van der Waals surface area contributed by atoms with Gasteiger partial charge in [-0.1, -0.05) is 37.6 Å². The van der Waals surface area contributed by atoms with Gasteiger partial charge >= 0.3 is 0 Å². The third-order valence-electron chi connectivity index (χ3n) is 2.55. The molecule has 4 heteroatoms. The number of carbonyl (C=O) groups excluding carboxylic acids is 1. The number of hydrogen-bond donors (Lipinski definition) is 1. The van der Waals surface area contributed by atoms with E-state index in [0.717, 1.165) is 12.8 Å². The van der Waals surface area contributed by atoms with Gasteiger partial charge in [-0.3, -0.25) is 4.79 Å². The van der Waals surface area contributed by atoms with Crippen LogP contribution in [0, 0.1) is 0 Å². The quantitative estimate of drug-likeness (QED) is 0.849. The zero-order chi connectivity index (χ0) is 12.7. The number of hydrogen-bond acceptors (Lipinski definition) is 2. The normalized spacial score (nSPS) is 10.4. The van der Waals surface area contributed by atoms with E-state index in [0.29, 0.717) is 10.8 Å². The van der Waals surface area contributed by atoms with E-state index in [1.807, 2.05) is 26.0 Å². The Morgan fingerprint density at radius 1 is 1.35 bits per heavy atom. The van der Waals surface area contributed by atoms with Crippen LogP contribution in [0.5, 0.6) is 5.75 Å². The summed E-state index contributed by atoms with van der Waals surface area (Å²) in [7, 11) is 0. The van der Waals surface area contributed by atoms with Crippen molar-refractivity contribution in [1.82, 2.24) is 5.32 Å². The van der Waals surface area contributed by atoms with Gasteiger partial charge in [-0.05, 0) is 25.0 Å². The molecule has 0 atom stereocenters. The van der Waals surface area contributed by atoms with Gasteiger partial charge in [0.2, 0.25) is 0 Å². The van der Waals surface area contributed by atoms with E-state index in [9.17, 15) is 4.79 Å². The van der Waals surface area contributed by atoms with Crippen LogP contribution < -0.4 is 10.1 Å². The average Bonchev–Trinajstić information content (AvgIpc) is 2.35. The summed E-state index contributed by atoms with van der Waals surface area (Å²) in [6, 6.07) is 7.33. The summed E-state index contributed by atoms with van der Waals surface area (Å²) >= 11 is 5.91. The van der Waals surface area contributed by atoms with Gasteiger partial charge in [-0.15, -0.1) is 0 Å². The average molecular weight is 256 g/mol. The lowest BCUT2D eigenvalue weighted by Crippen LogP contribution is -2.37. The molecule has 0 radical (unpaired) electrons. The molecule has 17 heavy (non-hydrogen) atoms. The Bertz CT molecular complexity index is 364. The van der Waals surface area contributed by atoms with E-state index in [1.165, 1.54) is 0 Å². The smallest absolute Gasteiger partial charge is 0.258 e. The molecule has 0 saturated carbocycles. The molecular weight excluding hydrogens is 238 g/mol. The molecule has 0 saturated heterocycles. The van der Waals surface area contributed by atoms with Crippen LogP contribution in [0.3, 0.4) is 0 Å². The second-order valence-corrected chi connectivity index (χ2v) is 4.21. The minimum atomic E-state index is -0.112. The van der Waals surface area contributed by atoms with E-state index in [4.69, 9.17) is 16.3 Å². The molecule has 94 valence electrons. The van der Waals surface area contributed by atoms with Crippen LogP contribution in [0.2, 0.25) is 5.02 Å². The monoisotopic (exact) mass is 255 g/mol. The van der Waals surface area contributed by atoms with Crippen LogP contribution in [0.25, 0.3) is 0 Å². The maximum atomic E-state index is 11.6. The number of rotatable bonds is 6. The lowest BCUT2D eigenvalue weighted by molar-refractivity contribution is -0.123. The van der Waals surface area contributed by atoms with Gasteiger partial charge in [-0.2, -0.15) is 0 Å². The van der Waals surface area contributed by atoms with E-state index >= 15 is 0 Å². The SMILES string of the molecule is CCC(CC)NC(=O)COc1ccccc1Cl. The molecule has 0 heterocycles. The number of benzene rings is 1. The lowest BCUT2D eigenvalue weighted by atomic mass is 10.2. The first-order valence-corrected chi connectivity index (χ1v) is 6.21. The predicted molar refractivity (Wildman–Crippen MR) is 69.5 cm³/mol. The molecule has 1 aromatic rings. The topological polar surface area (TPSA) is 38.3 Å². The van der Waals surface area contributed by atoms with Crippen molar-refractivity contribution in [2.24, 2.45) is 0 Å². The zero-order valence-corrected chi connectivity index (χ0v) is 11.0. The molecule has 1 amide bonds. The highest BCUT2D eigenvalue weighted by atomic mass is 35.5. The van der Waals surface area contributed by atoms with Crippen molar-refractivity contribution in [2.75, 3.05) is 6.61 Å². The largest absolute Gasteiger partial charge is 0.482 e. The third kappa shape index (κ3) is 4.65. The number of halogens is 1. The van der Waals surface area contributed by atoms with Crippen LogP contribution in [0.15, 0.2) is 24.3 Å². The molecular formula is C13H18ClNO2. The number of para-hydroxylation sites is 1. The van der Waals surface area contributed by atoms with Crippen LogP contribution in [-0.4, -0.2) is 18.6 Å². The fourth-order valence-electron chi connectivity index (χ4n) is 1.47. The standard InChI is InChI=1S/C13H18ClNO2/c1-3-10(4-2)15-13(16)9-17-12-8-6-5-7-11(12)14/h5-8,10H,3-4,9H2,1-2H3,(H,15,16). The molecule has 0 aromatic heterocycles. The lowest BCUT2D eigenvalue weighted by Gasteiger charge is -2.15. The highest BCUT2D eigenvalue weighted by Gasteiger charge is 2.09. The van der Waals surface area contributed by atoms with Crippen LogP contribution in [-0.2, 0) is 4.79 Å². The minimum absolute atomic E-state index is 0.000231. The van der Waals surface area contributed by atoms with Crippen molar-refractivity contribution in [3.8, 4) is 5.75 Å². The fourth-order valence-corrected chi connectivity index (χ4v) is 1.66. The Balaban J connectivity index is 2.41. The van der Waals surface area contributed by atoms with Gasteiger partial charge in [0.15, 0.2) is 6.61 Å². The molecule has 0 aliphatic heterocycles.